The van der Waals surface area contributed by atoms with Crippen molar-refractivity contribution in [1.82, 2.24) is 19.2 Å². The normalized spacial score (nSPS) is 25.3. The number of nitrogens with one attached hydrogen (secondary N) is 2. The maximum Gasteiger partial charge on any atom is 0.279 e. The number of piperazine rings is 1. The van der Waals surface area contributed by atoms with E-state index in [1.54, 1.807) is 0 Å². The minimum Gasteiger partial charge on any atom is -0.314 e. The van der Waals surface area contributed by atoms with E-state index in [4.69, 9.17) is 0 Å². The van der Waals surface area contributed by atoms with Gasteiger partial charge in [-0.05, 0) is 32.9 Å². The van der Waals surface area contributed by atoms with Crippen LogP contribution in [0.15, 0.2) is 0 Å². The van der Waals surface area contributed by atoms with Gasteiger partial charge in [0.1, 0.15) is 0 Å². The lowest BCUT2D eigenvalue weighted by Gasteiger charge is -2.31. The third kappa shape index (κ3) is 4.68. The molecule has 19 heavy (non-hydrogen) atoms. The molecule has 0 amide bonds. The molecule has 0 radical (unpaired) electrons. The Morgan fingerprint density at radius 3 is 2.37 bits per heavy atom. The summed E-state index contributed by atoms with van der Waals surface area (Å²) in [6, 6.07) is -0.0296. The van der Waals surface area contributed by atoms with E-state index in [2.05, 4.69) is 14.9 Å². The predicted molar refractivity (Wildman–Crippen MR) is 76.3 cm³/mol. The van der Waals surface area contributed by atoms with Crippen LogP contribution in [0.2, 0.25) is 0 Å². The number of likely N-dealkylation sites (tertiary alicyclic amines) is 1. The van der Waals surface area contributed by atoms with E-state index in [0.29, 0.717) is 13.1 Å². The van der Waals surface area contributed by atoms with Gasteiger partial charge in [0.15, 0.2) is 0 Å². The van der Waals surface area contributed by atoms with Gasteiger partial charge in [0.2, 0.25) is 0 Å². The molecule has 0 bridgehead atoms. The number of nitrogens with zero attached hydrogens (tertiary/aromatic N) is 2. The zero-order valence-electron chi connectivity index (χ0n) is 11.8. The van der Waals surface area contributed by atoms with Crippen molar-refractivity contribution in [3.05, 3.63) is 0 Å². The Balaban J connectivity index is 1.80. The van der Waals surface area contributed by atoms with Gasteiger partial charge in [-0.3, -0.25) is 0 Å². The van der Waals surface area contributed by atoms with Gasteiger partial charge >= 0.3 is 0 Å². The number of hydrogen-bond acceptors (Lipinski definition) is 4. The molecule has 0 aromatic heterocycles. The second-order valence-electron chi connectivity index (χ2n) is 5.53. The van der Waals surface area contributed by atoms with Gasteiger partial charge in [0.25, 0.3) is 10.2 Å². The second-order valence-corrected chi connectivity index (χ2v) is 7.24. The van der Waals surface area contributed by atoms with Gasteiger partial charge in [0, 0.05) is 38.8 Å². The van der Waals surface area contributed by atoms with E-state index < -0.39 is 10.2 Å². The maximum atomic E-state index is 12.2. The monoisotopic (exact) mass is 290 g/mol. The Labute approximate surface area is 116 Å². The van der Waals surface area contributed by atoms with Gasteiger partial charge in [-0.2, -0.15) is 17.4 Å². The molecular formula is C12H26N4O2S. The second kappa shape index (κ2) is 6.99. The van der Waals surface area contributed by atoms with Gasteiger partial charge in [-0.1, -0.05) is 6.42 Å². The minimum atomic E-state index is -3.32. The lowest BCUT2D eigenvalue weighted by molar-refractivity contribution is 0.214. The van der Waals surface area contributed by atoms with Gasteiger partial charge in [-0.15, -0.1) is 0 Å². The van der Waals surface area contributed by atoms with Crippen LogP contribution >= 0.6 is 0 Å². The first-order valence-corrected chi connectivity index (χ1v) is 8.72. The fourth-order valence-corrected chi connectivity index (χ4v) is 4.18. The molecule has 0 spiro atoms. The van der Waals surface area contributed by atoms with Crippen molar-refractivity contribution in [3.8, 4) is 0 Å². The summed E-state index contributed by atoms with van der Waals surface area (Å²) in [5.41, 5.74) is 0. The molecule has 2 N–H and O–H groups in total. The van der Waals surface area contributed by atoms with Crippen LogP contribution in [0.25, 0.3) is 0 Å². The average molecular weight is 290 g/mol. The minimum absolute atomic E-state index is 0.0296. The van der Waals surface area contributed by atoms with Crippen LogP contribution in [0, 0.1) is 0 Å². The van der Waals surface area contributed by atoms with E-state index in [1.165, 1.54) is 23.6 Å². The summed E-state index contributed by atoms with van der Waals surface area (Å²) >= 11 is 0. The predicted octanol–water partition coefficient (Wildman–Crippen LogP) is -0.400. The van der Waals surface area contributed by atoms with Crippen LogP contribution in [0.4, 0.5) is 0 Å². The van der Waals surface area contributed by atoms with Gasteiger partial charge in [-0.25, -0.2) is 0 Å². The molecule has 2 rings (SSSR count). The molecule has 1 atom stereocenters. The zero-order valence-corrected chi connectivity index (χ0v) is 12.6. The van der Waals surface area contributed by atoms with Crippen molar-refractivity contribution in [3.63, 3.8) is 0 Å². The fourth-order valence-electron chi connectivity index (χ4n) is 2.78. The summed E-state index contributed by atoms with van der Waals surface area (Å²) < 4.78 is 28.8. The summed E-state index contributed by atoms with van der Waals surface area (Å²) in [6.45, 7) is 7.56. The first-order valence-electron chi connectivity index (χ1n) is 7.28. The van der Waals surface area contributed by atoms with E-state index in [0.717, 1.165) is 32.7 Å². The quantitative estimate of drug-likeness (QED) is 0.723. The van der Waals surface area contributed by atoms with Crippen molar-refractivity contribution in [1.29, 1.82) is 0 Å². The molecule has 112 valence electrons. The summed E-state index contributed by atoms with van der Waals surface area (Å²) in [5.74, 6) is 0. The molecule has 0 aromatic rings. The van der Waals surface area contributed by atoms with E-state index >= 15 is 0 Å². The topological polar surface area (TPSA) is 64.7 Å². The highest BCUT2D eigenvalue weighted by atomic mass is 32.2. The molecule has 2 fully saturated rings. The smallest absolute Gasteiger partial charge is 0.279 e. The van der Waals surface area contributed by atoms with Crippen LogP contribution in [0.1, 0.15) is 26.2 Å². The largest absolute Gasteiger partial charge is 0.314 e. The highest BCUT2D eigenvalue weighted by Crippen LogP contribution is 2.09. The number of piperidine rings is 1. The number of hydrogen-bond donors (Lipinski definition) is 2. The third-order valence-electron chi connectivity index (χ3n) is 3.75. The summed E-state index contributed by atoms with van der Waals surface area (Å²) in [4.78, 5) is 2.36. The zero-order chi connectivity index (χ0) is 13.7. The summed E-state index contributed by atoms with van der Waals surface area (Å²) in [7, 11) is -3.32. The van der Waals surface area contributed by atoms with E-state index in [-0.39, 0.29) is 6.04 Å². The Morgan fingerprint density at radius 2 is 1.74 bits per heavy atom. The Hall–Kier alpha value is -0.210. The molecule has 2 heterocycles. The van der Waals surface area contributed by atoms with Crippen LogP contribution in [-0.4, -0.2) is 69.5 Å². The molecule has 0 saturated carbocycles. The Kier molecular flexibility index (Phi) is 5.58. The molecule has 0 aromatic carbocycles. The summed E-state index contributed by atoms with van der Waals surface area (Å²) in [6.07, 6.45) is 3.77. The number of rotatable bonds is 5. The van der Waals surface area contributed by atoms with Crippen LogP contribution in [0.3, 0.4) is 0 Å². The van der Waals surface area contributed by atoms with Crippen molar-refractivity contribution in [2.24, 2.45) is 0 Å². The maximum absolute atomic E-state index is 12.2. The lowest BCUT2D eigenvalue weighted by atomic mass is 10.1. The summed E-state index contributed by atoms with van der Waals surface area (Å²) in [5, 5.41) is 3.16. The van der Waals surface area contributed by atoms with Gasteiger partial charge < -0.3 is 10.2 Å². The SMILES string of the molecule is CC(CN1CCCCC1)NS(=O)(=O)N1CCNCC1. The van der Waals surface area contributed by atoms with Crippen LogP contribution < -0.4 is 10.0 Å². The van der Waals surface area contributed by atoms with Crippen LogP contribution in [-0.2, 0) is 10.2 Å². The third-order valence-corrected chi connectivity index (χ3v) is 5.49. The Bertz CT molecular complexity index is 362. The van der Waals surface area contributed by atoms with Gasteiger partial charge in [0.05, 0.1) is 0 Å². The van der Waals surface area contributed by atoms with Crippen molar-refractivity contribution in [2.45, 2.75) is 32.2 Å². The fraction of sp³-hybridized carbons (Fsp3) is 1.00. The molecule has 0 aliphatic carbocycles. The average Bonchev–Trinajstić information content (AvgIpc) is 2.40. The molecule has 2 aliphatic rings. The molecule has 2 aliphatic heterocycles. The first kappa shape index (κ1) is 15.2. The van der Waals surface area contributed by atoms with Crippen molar-refractivity contribution >= 4 is 10.2 Å². The molecule has 7 heteroatoms. The molecule has 6 nitrogen and oxygen atoms in total. The Morgan fingerprint density at radius 1 is 1.11 bits per heavy atom. The molecule has 1 unspecified atom stereocenters. The van der Waals surface area contributed by atoms with Crippen LogP contribution in [0.5, 0.6) is 0 Å². The van der Waals surface area contributed by atoms with Crippen molar-refractivity contribution in [2.75, 3.05) is 45.8 Å². The first-order chi connectivity index (χ1) is 9.08. The van der Waals surface area contributed by atoms with E-state index in [1.807, 2.05) is 6.92 Å². The lowest BCUT2D eigenvalue weighted by Crippen LogP contribution is -2.53. The molecular weight excluding hydrogens is 264 g/mol. The highest BCUT2D eigenvalue weighted by molar-refractivity contribution is 7.87. The highest BCUT2D eigenvalue weighted by Gasteiger charge is 2.25. The van der Waals surface area contributed by atoms with E-state index in [9.17, 15) is 8.42 Å². The van der Waals surface area contributed by atoms with Crippen molar-refractivity contribution < 1.29 is 8.42 Å². The standard InChI is InChI=1S/C12H26N4O2S/c1-12(11-15-7-3-2-4-8-15)14-19(17,18)16-9-5-13-6-10-16/h12-14H,2-11H2,1H3. The molecule has 2 saturated heterocycles.